The zero-order valence-electron chi connectivity index (χ0n) is 15.2. The number of imidazole rings is 2. The second kappa shape index (κ2) is 5.99. The van der Waals surface area contributed by atoms with Crippen molar-refractivity contribution >= 4 is 28.5 Å². The molecule has 3 heterocycles. The summed E-state index contributed by atoms with van der Waals surface area (Å²) in [5, 5.41) is 0.569. The van der Waals surface area contributed by atoms with Crippen LogP contribution in [-0.4, -0.2) is 23.1 Å². The molecule has 4 rings (SSSR count). The lowest BCUT2D eigenvalue weighted by molar-refractivity contribution is 0.651. The summed E-state index contributed by atoms with van der Waals surface area (Å²) in [6.45, 7) is 7.67. The van der Waals surface area contributed by atoms with Crippen molar-refractivity contribution in [2.24, 2.45) is 7.05 Å². The smallest absolute Gasteiger partial charge is 0.281 e. The predicted molar refractivity (Wildman–Crippen MR) is 106 cm³/mol. The van der Waals surface area contributed by atoms with Gasteiger partial charge in [-0.15, -0.1) is 0 Å². The minimum Gasteiger partial charge on any atom is -0.281 e. The second-order valence-corrected chi connectivity index (χ2v) is 7.11. The maximum Gasteiger partial charge on any atom is 0.332 e. The number of hydrogen-bond donors (Lipinski definition) is 0. The summed E-state index contributed by atoms with van der Waals surface area (Å²) >= 11 is 6.37. The number of aromatic nitrogens is 5. The van der Waals surface area contributed by atoms with Gasteiger partial charge in [-0.2, -0.15) is 4.98 Å². The van der Waals surface area contributed by atoms with Crippen molar-refractivity contribution in [1.29, 1.82) is 0 Å². The molecule has 1 aromatic carbocycles. The van der Waals surface area contributed by atoms with Crippen molar-refractivity contribution in [3.05, 3.63) is 74.2 Å². The molecule has 0 saturated carbocycles. The van der Waals surface area contributed by atoms with Crippen LogP contribution in [0.15, 0.2) is 52.2 Å². The third-order valence-electron chi connectivity index (χ3n) is 4.55. The average molecular weight is 384 g/mol. The Labute approximate surface area is 159 Å². The minimum atomic E-state index is -0.419. The molecule has 0 spiro atoms. The van der Waals surface area contributed by atoms with E-state index < -0.39 is 5.69 Å². The fourth-order valence-corrected chi connectivity index (χ4v) is 3.57. The summed E-state index contributed by atoms with van der Waals surface area (Å²) in [7, 11) is 1.61. The van der Waals surface area contributed by atoms with E-state index in [1.54, 1.807) is 24.4 Å². The Morgan fingerprint density at radius 1 is 1.26 bits per heavy atom. The summed E-state index contributed by atoms with van der Waals surface area (Å²) in [4.78, 5) is 30.3. The molecule has 0 atom stereocenters. The van der Waals surface area contributed by atoms with Crippen LogP contribution in [0.5, 0.6) is 0 Å². The van der Waals surface area contributed by atoms with Gasteiger partial charge in [0, 0.05) is 18.9 Å². The predicted octanol–water partition coefficient (Wildman–Crippen LogP) is 2.68. The number of allylic oxidation sites excluding steroid dienone is 1. The third-order valence-corrected chi connectivity index (χ3v) is 4.87. The van der Waals surface area contributed by atoms with E-state index in [2.05, 4.69) is 11.6 Å². The summed E-state index contributed by atoms with van der Waals surface area (Å²) in [5.41, 5.74) is 2.22. The second-order valence-electron chi connectivity index (χ2n) is 6.70. The fourth-order valence-electron chi connectivity index (χ4n) is 3.35. The quantitative estimate of drug-likeness (QED) is 0.511. The Balaban J connectivity index is 2.16. The molecule has 0 saturated heterocycles. The number of hydrogen-bond acceptors (Lipinski definition) is 3. The molecule has 0 N–H and O–H groups in total. The van der Waals surface area contributed by atoms with Crippen LogP contribution >= 0.6 is 11.6 Å². The van der Waals surface area contributed by atoms with Crippen LogP contribution in [-0.2, 0) is 13.6 Å². The highest BCUT2D eigenvalue weighted by atomic mass is 35.5. The van der Waals surface area contributed by atoms with Crippen LogP contribution in [0.3, 0.4) is 0 Å². The fraction of sp³-hybridized carbons (Fsp3) is 0.211. The van der Waals surface area contributed by atoms with E-state index in [4.69, 9.17) is 11.6 Å². The van der Waals surface area contributed by atoms with Gasteiger partial charge in [0.2, 0.25) is 5.78 Å². The molecule has 0 unspecified atom stereocenters. The minimum absolute atomic E-state index is 0.166. The largest absolute Gasteiger partial charge is 0.332 e. The van der Waals surface area contributed by atoms with Crippen molar-refractivity contribution in [3.63, 3.8) is 0 Å². The molecule has 0 fully saturated rings. The highest BCUT2D eigenvalue weighted by Crippen LogP contribution is 2.26. The molecule has 3 aromatic heterocycles. The molecule has 0 bridgehead atoms. The van der Waals surface area contributed by atoms with E-state index in [1.165, 1.54) is 9.13 Å². The number of aryl methyl sites for hydroxylation is 2. The van der Waals surface area contributed by atoms with Gasteiger partial charge in [0.05, 0.1) is 17.3 Å². The lowest BCUT2D eigenvalue weighted by atomic mass is 10.3. The molecule has 0 aliphatic rings. The van der Waals surface area contributed by atoms with Crippen LogP contribution in [0.1, 0.15) is 12.6 Å². The van der Waals surface area contributed by atoms with E-state index in [0.29, 0.717) is 22.0 Å². The Kier molecular flexibility index (Phi) is 3.85. The van der Waals surface area contributed by atoms with Crippen LogP contribution < -0.4 is 11.2 Å². The zero-order chi connectivity index (χ0) is 19.5. The average Bonchev–Trinajstić information content (AvgIpc) is 3.12. The highest BCUT2D eigenvalue weighted by molar-refractivity contribution is 6.32. The van der Waals surface area contributed by atoms with Gasteiger partial charge in [-0.25, -0.2) is 4.79 Å². The zero-order valence-corrected chi connectivity index (χ0v) is 16.0. The van der Waals surface area contributed by atoms with Crippen LogP contribution in [0, 0.1) is 6.92 Å². The molecular formula is C19H18ClN5O2. The molecule has 4 aromatic rings. The normalized spacial score (nSPS) is 11.6. The van der Waals surface area contributed by atoms with Crippen molar-refractivity contribution in [3.8, 4) is 5.69 Å². The number of nitrogens with zero attached hydrogens (tertiary/aromatic N) is 5. The van der Waals surface area contributed by atoms with Crippen molar-refractivity contribution in [2.45, 2.75) is 20.4 Å². The van der Waals surface area contributed by atoms with Gasteiger partial charge in [-0.3, -0.25) is 22.9 Å². The van der Waals surface area contributed by atoms with Crippen molar-refractivity contribution < 1.29 is 0 Å². The number of benzene rings is 1. The van der Waals surface area contributed by atoms with Crippen LogP contribution in [0.4, 0.5) is 0 Å². The standard InChI is InChI=1S/C19H18ClN5O2/c1-11(2)9-24-17(26)15-16(22(4)19(24)27)21-18-23(15)10-12(3)25(18)14-8-6-5-7-13(14)20/h5-8,10H,1,9H2,2-4H3. The lowest BCUT2D eigenvalue weighted by Crippen LogP contribution is -2.39. The highest BCUT2D eigenvalue weighted by Gasteiger charge is 2.21. The number of para-hydroxylation sites is 1. The lowest BCUT2D eigenvalue weighted by Gasteiger charge is -2.08. The molecule has 138 valence electrons. The third kappa shape index (κ3) is 2.46. The Hall–Kier alpha value is -3.06. The van der Waals surface area contributed by atoms with E-state index >= 15 is 0 Å². The first kappa shape index (κ1) is 17.4. The molecule has 0 amide bonds. The van der Waals surface area contributed by atoms with Gasteiger partial charge < -0.3 is 0 Å². The van der Waals surface area contributed by atoms with Gasteiger partial charge in [-0.1, -0.05) is 35.9 Å². The molecule has 7 nitrogen and oxygen atoms in total. The van der Waals surface area contributed by atoms with Gasteiger partial charge in [0.25, 0.3) is 5.56 Å². The summed E-state index contributed by atoms with van der Waals surface area (Å²) in [5.74, 6) is 0.524. The molecule has 0 radical (unpaired) electrons. The number of halogens is 1. The van der Waals surface area contributed by atoms with Crippen molar-refractivity contribution in [1.82, 2.24) is 23.1 Å². The Bertz CT molecular complexity index is 1350. The monoisotopic (exact) mass is 383 g/mol. The number of rotatable bonds is 3. The molecular weight excluding hydrogens is 366 g/mol. The first-order chi connectivity index (χ1) is 12.8. The summed E-state index contributed by atoms with van der Waals surface area (Å²) in [6.07, 6.45) is 1.82. The van der Waals surface area contributed by atoms with Crippen LogP contribution in [0.2, 0.25) is 5.02 Å². The first-order valence-electron chi connectivity index (χ1n) is 8.40. The van der Waals surface area contributed by atoms with Gasteiger partial charge in [-0.05, 0) is 26.0 Å². The van der Waals surface area contributed by atoms with Crippen LogP contribution in [0.25, 0.3) is 22.6 Å². The number of fused-ring (bicyclic) bond motifs is 3. The molecule has 0 aliphatic carbocycles. The van der Waals surface area contributed by atoms with Gasteiger partial charge in [0.1, 0.15) is 0 Å². The first-order valence-corrected chi connectivity index (χ1v) is 8.78. The Morgan fingerprint density at radius 3 is 2.63 bits per heavy atom. The maximum atomic E-state index is 13.0. The Morgan fingerprint density at radius 2 is 1.96 bits per heavy atom. The topological polar surface area (TPSA) is 66.2 Å². The maximum absolute atomic E-state index is 13.0. The van der Waals surface area contributed by atoms with E-state index in [-0.39, 0.29) is 12.1 Å². The molecule has 0 aliphatic heterocycles. The SMILES string of the molecule is C=C(C)Cn1c(=O)c2c(nc3n(-c4ccccc4Cl)c(C)cn23)n(C)c1=O. The summed E-state index contributed by atoms with van der Waals surface area (Å²) < 4.78 is 6.15. The summed E-state index contributed by atoms with van der Waals surface area (Å²) in [6, 6.07) is 7.41. The van der Waals surface area contributed by atoms with E-state index in [1.807, 2.05) is 35.9 Å². The van der Waals surface area contributed by atoms with E-state index in [0.717, 1.165) is 17.0 Å². The molecule has 8 heteroatoms. The van der Waals surface area contributed by atoms with Gasteiger partial charge in [0.15, 0.2) is 11.2 Å². The molecule has 27 heavy (non-hydrogen) atoms. The van der Waals surface area contributed by atoms with E-state index in [9.17, 15) is 9.59 Å². The van der Waals surface area contributed by atoms with Crippen molar-refractivity contribution in [2.75, 3.05) is 0 Å². The van der Waals surface area contributed by atoms with Gasteiger partial charge >= 0.3 is 5.69 Å².